The summed E-state index contributed by atoms with van der Waals surface area (Å²) in [6.07, 6.45) is 1.21. The lowest BCUT2D eigenvalue weighted by atomic mass is 10.0. The molecule has 1 aliphatic rings. The fraction of sp³-hybridized carbons (Fsp3) is 0.211. The van der Waals surface area contributed by atoms with Crippen LogP contribution in [-0.2, 0) is 11.2 Å². The third-order valence-corrected chi connectivity index (χ3v) is 4.28. The van der Waals surface area contributed by atoms with Crippen LogP contribution in [0.3, 0.4) is 0 Å². The van der Waals surface area contributed by atoms with Crippen LogP contribution in [0.2, 0.25) is 5.02 Å². The summed E-state index contributed by atoms with van der Waals surface area (Å²) in [6, 6.07) is 14.2. The van der Waals surface area contributed by atoms with E-state index in [0.29, 0.717) is 10.6 Å². The Hall–Kier alpha value is -2.66. The van der Waals surface area contributed by atoms with Crippen LogP contribution < -0.4 is 10.6 Å². The Bertz CT molecular complexity index is 814. The van der Waals surface area contributed by atoms with Crippen molar-refractivity contribution in [2.75, 3.05) is 0 Å². The van der Waals surface area contributed by atoms with E-state index in [0.717, 1.165) is 12.0 Å². The van der Waals surface area contributed by atoms with Gasteiger partial charge in [0.1, 0.15) is 0 Å². The minimum atomic E-state index is -0.349. The number of aliphatic imine (C=N–C) groups is 1. The lowest BCUT2D eigenvalue weighted by molar-refractivity contribution is -0.120. The van der Waals surface area contributed by atoms with Crippen molar-refractivity contribution < 1.29 is 9.59 Å². The van der Waals surface area contributed by atoms with Gasteiger partial charge in [-0.3, -0.25) is 20.2 Å². The average molecular weight is 356 g/mol. The van der Waals surface area contributed by atoms with E-state index in [4.69, 9.17) is 11.6 Å². The first-order chi connectivity index (χ1) is 12.0. The molecule has 3 rings (SSSR count). The van der Waals surface area contributed by atoms with Crippen LogP contribution in [-0.4, -0.2) is 17.8 Å². The summed E-state index contributed by atoms with van der Waals surface area (Å²) in [6.45, 7) is 2.09. The normalized spacial score (nSPS) is 16.8. The van der Waals surface area contributed by atoms with Gasteiger partial charge in [0, 0.05) is 10.6 Å². The standard InChI is InChI=1S/C19H18ClN3O2/c1-2-12-3-5-13(6-4-12)16-11-17(24)22-19(21-16)23-18(25)14-7-9-15(20)10-8-14/h3-10,16H,2,11H2,1H3,(H2,21,22,23,24,25)/t16-/m1/s1. The Morgan fingerprint density at radius 3 is 2.52 bits per heavy atom. The Morgan fingerprint density at radius 1 is 1.20 bits per heavy atom. The molecule has 2 aromatic carbocycles. The molecule has 0 saturated heterocycles. The van der Waals surface area contributed by atoms with Gasteiger partial charge in [0.25, 0.3) is 5.91 Å². The molecule has 2 aromatic rings. The second kappa shape index (κ2) is 7.49. The molecular formula is C19H18ClN3O2. The molecular weight excluding hydrogens is 338 g/mol. The highest BCUT2D eigenvalue weighted by atomic mass is 35.5. The summed E-state index contributed by atoms with van der Waals surface area (Å²) in [5.41, 5.74) is 2.62. The Balaban J connectivity index is 1.77. The van der Waals surface area contributed by atoms with Crippen molar-refractivity contribution in [3.05, 3.63) is 70.2 Å². The maximum atomic E-state index is 12.3. The molecule has 1 heterocycles. The third kappa shape index (κ3) is 4.25. The first kappa shape index (κ1) is 17.2. The predicted molar refractivity (Wildman–Crippen MR) is 97.7 cm³/mol. The zero-order valence-corrected chi connectivity index (χ0v) is 14.5. The number of guanidine groups is 1. The number of carbonyl (C=O) groups excluding carboxylic acids is 2. The van der Waals surface area contributed by atoms with E-state index in [1.54, 1.807) is 24.3 Å². The van der Waals surface area contributed by atoms with Crippen LogP contribution in [0.1, 0.15) is 40.9 Å². The molecule has 0 aromatic heterocycles. The molecule has 5 nitrogen and oxygen atoms in total. The van der Waals surface area contributed by atoms with E-state index in [9.17, 15) is 9.59 Å². The van der Waals surface area contributed by atoms with Gasteiger partial charge < -0.3 is 0 Å². The Labute approximate surface area is 151 Å². The van der Waals surface area contributed by atoms with Crippen molar-refractivity contribution in [3.63, 3.8) is 0 Å². The number of aryl methyl sites for hydroxylation is 1. The van der Waals surface area contributed by atoms with Gasteiger partial charge in [0.05, 0.1) is 12.5 Å². The lowest BCUT2D eigenvalue weighted by Gasteiger charge is -2.21. The highest BCUT2D eigenvalue weighted by Gasteiger charge is 2.23. The zero-order chi connectivity index (χ0) is 17.8. The molecule has 0 bridgehead atoms. The van der Waals surface area contributed by atoms with Gasteiger partial charge in [-0.05, 0) is 41.8 Å². The van der Waals surface area contributed by atoms with Crippen LogP contribution in [0.25, 0.3) is 0 Å². The van der Waals surface area contributed by atoms with E-state index in [1.807, 2.05) is 24.3 Å². The second-order valence-electron chi connectivity index (χ2n) is 5.80. The molecule has 0 unspecified atom stereocenters. The quantitative estimate of drug-likeness (QED) is 0.887. The summed E-state index contributed by atoms with van der Waals surface area (Å²) >= 11 is 5.82. The SMILES string of the molecule is CCc1ccc([C@H]2CC(=O)NC(NC(=O)c3ccc(Cl)cc3)=N2)cc1. The number of amides is 2. The highest BCUT2D eigenvalue weighted by Crippen LogP contribution is 2.24. The molecule has 6 heteroatoms. The molecule has 2 amide bonds. The summed E-state index contributed by atoms with van der Waals surface area (Å²) in [5, 5.41) is 5.80. The molecule has 1 aliphatic heterocycles. The van der Waals surface area contributed by atoms with Crippen LogP contribution >= 0.6 is 11.6 Å². The molecule has 2 N–H and O–H groups in total. The van der Waals surface area contributed by atoms with Crippen molar-refractivity contribution in [3.8, 4) is 0 Å². The number of halogens is 1. The molecule has 0 aliphatic carbocycles. The van der Waals surface area contributed by atoms with Gasteiger partial charge >= 0.3 is 0 Å². The van der Waals surface area contributed by atoms with E-state index >= 15 is 0 Å². The molecule has 0 spiro atoms. The minimum absolute atomic E-state index is 0.167. The molecule has 128 valence electrons. The lowest BCUT2D eigenvalue weighted by Crippen LogP contribution is -2.47. The van der Waals surface area contributed by atoms with E-state index in [1.165, 1.54) is 5.56 Å². The van der Waals surface area contributed by atoms with Crippen molar-refractivity contribution in [2.45, 2.75) is 25.8 Å². The monoisotopic (exact) mass is 355 g/mol. The number of rotatable bonds is 3. The Morgan fingerprint density at radius 2 is 1.88 bits per heavy atom. The Kier molecular flexibility index (Phi) is 5.14. The van der Waals surface area contributed by atoms with Gasteiger partial charge in [-0.1, -0.05) is 42.8 Å². The first-order valence-electron chi connectivity index (χ1n) is 8.08. The number of carbonyl (C=O) groups is 2. The summed E-state index contributed by atoms with van der Waals surface area (Å²) < 4.78 is 0. The number of nitrogens with one attached hydrogen (secondary N) is 2. The van der Waals surface area contributed by atoms with E-state index in [-0.39, 0.29) is 30.2 Å². The number of hydrogen-bond acceptors (Lipinski definition) is 3. The smallest absolute Gasteiger partial charge is 0.257 e. The van der Waals surface area contributed by atoms with Crippen LogP contribution in [0, 0.1) is 0 Å². The van der Waals surface area contributed by atoms with Gasteiger partial charge in [0.2, 0.25) is 11.9 Å². The summed E-state index contributed by atoms with van der Waals surface area (Å²) in [5.74, 6) is -0.357. The van der Waals surface area contributed by atoms with Crippen LogP contribution in [0.5, 0.6) is 0 Å². The molecule has 0 radical (unpaired) electrons. The zero-order valence-electron chi connectivity index (χ0n) is 13.8. The van der Waals surface area contributed by atoms with E-state index in [2.05, 4.69) is 22.5 Å². The van der Waals surface area contributed by atoms with Crippen molar-refractivity contribution in [2.24, 2.45) is 4.99 Å². The van der Waals surface area contributed by atoms with Crippen molar-refractivity contribution in [1.29, 1.82) is 0 Å². The van der Waals surface area contributed by atoms with Gasteiger partial charge in [-0.2, -0.15) is 0 Å². The van der Waals surface area contributed by atoms with Crippen molar-refractivity contribution in [1.82, 2.24) is 10.6 Å². The van der Waals surface area contributed by atoms with Gasteiger partial charge in [-0.15, -0.1) is 0 Å². The molecule has 25 heavy (non-hydrogen) atoms. The largest absolute Gasteiger partial charge is 0.296 e. The number of hydrogen-bond donors (Lipinski definition) is 2. The topological polar surface area (TPSA) is 70.6 Å². The van der Waals surface area contributed by atoms with Crippen molar-refractivity contribution >= 4 is 29.4 Å². The number of nitrogens with zero attached hydrogens (tertiary/aromatic N) is 1. The summed E-state index contributed by atoms with van der Waals surface area (Å²) in [4.78, 5) is 28.7. The maximum Gasteiger partial charge on any atom is 0.257 e. The second-order valence-corrected chi connectivity index (χ2v) is 6.24. The van der Waals surface area contributed by atoms with Crippen LogP contribution in [0.15, 0.2) is 53.5 Å². The van der Waals surface area contributed by atoms with E-state index < -0.39 is 0 Å². The average Bonchev–Trinajstić information content (AvgIpc) is 2.62. The predicted octanol–water partition coefficient (Wildman–Crippen LogP) is 3.25. The maximum absolute atomic E-state index is 12.3. The molecule has 0 saturated carbocycles. The fourth-order valence-electron chi connectivity index (χ4n) is 2.60. The summed E-state index contributed by atoms with van der Waals surface area (Å²) in [7, 11) is 0. The highest BCUT2D eigenvalue weighted by molar-refractivity contribution is 6.30. The third-order valence-electron chi connectivity index (χ3n) is 4.03. The molecule has 1 atom stereocenters. The fourth-order valence-corrected chi connectivity index (χ4v) is 2.73. The first-order valence-corrected chi connectivity index (χ1v) is 8.46. The van der Waals surface area contributed by atoms with Gasteiger partial charge in [0.15, 0.2) is 0 Å². The van der Waals surface area contributed by atoms with Crippen LogP contribution in [0.4, 0.5) is 0 Å². The minimum Gasteiger partial charge on any atom is -0.296 e. The van der Waals surface area contributed by atoms with Gasteiger partial charge in [-0.25, -0.2) is 4.99 Å². The number of benzene rings is 2. The molecule has 0 fully saturated rings.